The summed E-state index contributed by atoms with van der Waals surface area (Å²) < 4.78 is 5.75. The summed E-state index contributed by atoms with van der Waals surface area (Å²) in [5.74, 6) is 4.20. The number of nitrogens with one attached hydrogen (secondary N) is 1. The average Bonchev–Trinajstić information content (AvgIpc) is 2.41. The third-order valence-electron chi connectivity index (χ3n) is 2.96. The lowest BCUT2D eigenvalue weighted by Crippen LogP contribution is -2.36. The third kappa shape index (κ3) is 4.91. The molecule has 106 valence electrons. The van der Waals surface area contributed by atoms with Crippen LogP contribution >= 0.6 is 11.8 Å². The molecule has 0 saturated carbocycles. The summed E-state index contributed by atoms with van der Waals surface area (Å²) in [5.41, 5.74) is 0. The summed E-state index contributed by atoms with van der Waals surface area (Å²) >= 11 is 2.04. The predicted molar refractivity (Wildman–Crippen MR) is 82.3 cm³/mol. The summed E-state index contributed by atoms with van der Waals surface area (Å²) in [5, 5.41) is 3.38. The highest BCUT2D eigenvalue weighted by Gasteiger charge is 2.10. The van der Waals surface area contributed by atoms with Gasteiger partial charge in [0, 0.05) is 43.9 Å². The SMILES string of the molecule is CC(C)Oc1cccnc1NCCN1CCSCC1. The number of pyridine rings is 1. The van der Waals surface area contributed by atoms with Crippen molar-refractivity contribution in [1.82, 2.24) is 9.88 Å². The molecule has 0 aliphatic carbocycles. The second kappa shape index (κ2) is 7.60. The van der Waals surface area contributed by atoms with Crippen LogP contribution in [0.4, 0.5) is 5.82 Å². The Balaban J connectivity index is 1.81. The van der Waals surface area contributed by atoms with Crippen LogP contribution in [0.15, 0.2) is 18.3 Å². The molecular formula is C14H23N3OS. The van der Waals surface area contributed by atoms with Crippen molar-refractivity contribution in [3.8, 4) is 5.75 Å². The monoisotopic (exact) mass is 281 g/mol. The summed E-state index contributed by atoms with van der Waals surface area (Å²) in [4.78, 5) is 6.85. The quantitative estimate of drug-likeness (QED) is 0.866. The summed E-state index contributed by atoms with van der Waals surface area (Å²) in [7, 11) is 0. The van der Waals surface area contributed by atoms with Gasteiger partial charge in [-0.1, -0.05) is 0 Å². The minimum absolute atomic E-state index is 0.170. The van der Waals surface area contributed by atoms with E-state index in [4.69, 9.17) is 4.74 Å². The van der Waals surface area contributed by atoms with Crippen molar-refractivity contribution in [2.45, 2.75) is 20.0 Å². The number of hydrogen-bond acceptors (Lipinski definition) is 5. The molecule has 0 aromatic carbocycles. The standard InChI is InChI=1S/C14H23N3OS/c1-12(2)18-13-4-3-5-15-14(13)16-6-7-17-8-10-19-11-9-17/h3-5,12H,6-11H2,1-2H3,(H,15,16). The molecule has 0 atom stereocenters. The van der Waals surface area contributed by atoms with Gasteiger partial charge in [-0.05, 0) is 26.0 Å². The molecule has 1 aliphatic heterocycles. The van der Waals surface area contributed by atoms with Crippen LogP contribution in [0.3, 0.4) is 0 Å². The van der Waals surface area contributed by atoms with E-state index < -0.39 is 0 Å². The van der Waals surface area contributed by atoms with Gasteiger partial charge in [0.05, 0.1) is 6.10 Å². The van der Waals surface area contributed by atoms with E-state index in [0.29, 0.717) is 0 Å². The van der Waals surface area contributed by atoms with Gasteiger partial charge in [0.1, 0.15) is 0 Å². The number of aromatic nitrogens is 1. The minimum atomic E-state index is 0.170. The number of hydrogen-bond donors (Lipinski definition) is 1. The molecule has 1 aromatic heterocycles. The molecule has 2 rings (SSSR count). The molecular weight excluding hydrogens is 258 g/mol. The molecule has 1 saturated heterocycles. The lowest BCUT2D eigenvalue weighted by atomic mass is 10.4. The van der Waals surface area contributed by atoms with Gasteiger partial charge in [-0.15, -0.1) is 0 Å². The van der Waals surface area contributed by atoms with Crippen molar-refractivity contribution >= 4 is 17.6 Å². The second-order valence-corrected chi connectivity index (χ2v) is 6.12. The number of rotatable bonds is 6. The highest BCUT2D eigenvalue weighted by molar-refractivity contribution is 7.99. The first-order valence-electron chi connectivity index (χ1n) is 6.91. The van der Waals surface area contributed by atoms with Crippen LogP contribution in [0.25, 0.3) is 0 Å². The molecule has 1 N–H and O–H groups in total. The van der Waals surface area contributed by atoms with Crippen molar-refractivity contribution in [2.75, 3.05) is 43.0 Å². The topological polar surface area (TPSA) is 37.4 Å². The minimum Gasteiger partial charge on any atom is -0.487 e. The van der Waals surface area contributed by atoms with Crippen LogP contribution in [0.5, 0.6) is 5.75 Å². The predicted octanol–water partition coefficient (Wildman–Crippen LogP) is 2.33. The van der Waals surface area contributed by atoms with Crippen LogP contribution in [-0.4, -0.2) is 53.7 Å². The van der Waals surface area contributed by atoms with E-state index in [9.17, 15) is 0 Å². The number of anilines is 1. The van der Waals surface area contributed by atoms with Crippen LogP contribution in [0.2, 0.25) is 0 Å². The Labute approximate surface area is 119 Å². The highest BCUT2D eigenvalue weighted by Crippen LogP contribution is 2.21. The van der Waals surface area contributed by atoms with Crippen molar-refractivity contribution < 1.29 is 4.74 Å². The first kappa shape index (κ1) is 14.5. The van der Waals surface area contributed by atoms with Gasteiger partial charge in [0.25, 0.3) is 0 Å². The van der Waals surface area contributed by atoms with Crippen LogP contribution in [-0.2, 0) is 0 Å². The molecule has 2 heterocycles. The molecule has 0 unspecified atom stereocenters. The molecule has 0 amide bonds. The number of thioether (sulfide) groups is 1. The Kier molecular flexibility index (Phi) is 5.79. The van der Waals surface area contributed by atoms with E-state index in [1.165, 1.54) is 24.6 Å². The normalized spacial score (nSPS) is 16.6. The van der Waals surface area contributed by atoms with Gasteiger partial charge in [-0.25, -0.2) is 4.98 Å². The Morgan fingerprint density at radius 3 is 2.95 bits per heavy atom. The largest absolute Gasteiger partial charge is 0.487 e. The average molecular weight is 281 g/mol. The van der Waals surface area contributed by atoms with Crippen LogP contribution in [0, 0.1) is 0 Å². The maximum Gasteiger partial charge on any atom is 0.168 e. The fraction of sp³-hybridized carbons (Fsp3) is 0.643. The Morgan fingerprint density at radius 2 is 2.21 bits per heavy atom. The molecule has 1 fully saturated rings. The lowest BCUT2D eigenvalue weighted by molar-refractivity contribution is 0.242. The molecule has 0 radical (unpaired) electrons. The number of nitrogens with zero attached hydrogens (tertiary/aromatic N) is 2. The lowest BCUT2D eigenvalue weighted by Gasteiger charge is -2.26. The summed E-state index contributed by atoms with van der Waals surface area (Å²) in [6.45, 7) is 8.44. The Bertz CT molecular complexity index is 381. The fourth-order valence-electron chi connectivity index (χ4n) is 2.03. The molecule has 4 nitrogen and oxygen atoms in total. The maximum absolute atomic E-state index is 5.75. The van der Waals surface area contributed by atoms with E-state index in [1.54, 1.807) is 6.20 Å². The van der Waals surface area contributed by atoms with Gasteiger partial charge >= 0.3 is 0 Å². The first-order valence-corrected chi connectivity index (χ1v) is 8.07. The van der Waals surface area contributed by atoms with Gasteiger partial charge in [0.2, 0.25) is 0 Å². The van der Waals surface area contributed by atoms with Gasteiger partial charge in [0.15, 0.2) is 11.6 Å². The fourth-order valence-corrected chi connectivity index (χ4v) is 3.01. The van der Waals surface area contributed by atoms with Crippen LogP contribution in [0.1, 0.15) is 13.8 Å². The van der Waals surface area contributed by atoms with Gasteiger partial charge in [-0.3, -0.25) is 4.90 Å². The smallest absolute Gasteiger partial charge is 0.168 e. The molecule has 1 aliphatic rings. The molecule has 5 heteroatoms. The van der Waals surface area contributed by atoms with Crippen molar-refractivity contribution in [1.29, 1.82) is 0 Å². The number of ether oxygens (including phenoxy) is 1. The highest BCUT2D eigenvalue weighted by atomic mass is 32.2. The van der Waals surface area contributed by atoms with Crippen molar-refractivity contribution in [2.24, 2.45) is 0 Å². The summed E-state index contributed by atoms with van der Waals surface area (Å²) in [6, 6.07) is 3.87. The second-order valence-electron chi connectivity index (χ2n) is 4.90. The molecule has 19 heavy (non-hydrogen) atoms. The first-order chi connectivity index (χ1) is 9.25. The zero-order valence-electron chi connectivity index (χ0n) is 11.8. The van der Waals surface area contributed by atoms with Gasteiger partial charge in [-0.2, -0.15) is 11.8 Å². The molecule has 0 bridgehead atoms. The van der Waals surface area contributed by atoms with Crippen LogP contribution < -0.4 is 10.1 Å². The van der Waals surface area contributed by atoms with E-state index in [1.807, 2.05) is 37.7 Å². The zero-order valence-corrected chi connectivity index (χ0v) is 12.6. The zero-order chi connectivity index (χ0) is 13.5. The summed E-state index contributed by atoms with van der Waals surface area (Å²) in [6.07, 6.45) is 1.97. The van der Waals surface area contributed by atoms with Crippen molar-refractivity contribution in [3.63, 3.8) is 0 Å². The Hall–Kier alpha value is -0.940. The molecule has 0 spiro atoms. The van der Waals surface area contributed by atoms with E-state index in [2.05, 4.69) is 15.2 Å². The van der Waals surface area contributed by atoms with E-state index >= 15 is 0 Å². The third-order valence-corrected chi connectivity index (χ3v) is 3.90. The molecule has 1 aromatic rings. The van der Waals surface area contributed by atoms with E-state index in [0.717, 1.165) is 24.7 Å². The van der Waals surface area contributed by atoms with Crippen molar-refractivity contribution in [3.05, 3.63) is 18.3 Å². The van der Waals surface area contributed by atoms with E-state index in [-0.39, 0.29) is 6.10 Å². The Morgan fingerprint density at radius 1 is 1.42 bits per heavy atom. The maximum atomic E-state index is 5.75. The van der Waals surface area contributed by atoms with Gasteiger partial charge < -0.3 is 10.1 Å².